The third-order valence-electron chi connectivity index (χ3n) is 0.627. The first-order chi connectivity index (χ1) is 3.77. The van der Waals surface area contributed by atoms with E-state index in [1.165, 1.54) is 0 Å². The number of carbonyl (C=O) groups excluding carboxylic acids is 1. The van der Waals surface area contributed by atoms with Crippen LogP contribution in [0, 0.1) is 0 Å². The molecule has 0 saturated heterocycles. The van der Waals surface area contributed by atoms with E-state index in [0.29, 0.717) is 6.42 Å². The van der Waals surface area contributed by atoms with Crippen molar-refractivity contribution < 1.29 is 4.79 Å². The molecule has 0 aliphatic carbocycles. The van der Waals surface area contributed by atoms with Crippen LogP contribution in [0.15, 0.2) is 5.10 Å². The van der Waals surface area contributed by atoms with E-state index in [9.17, 15) is 4.79 Å². The van der Waals surface area contributed by atoms with Gasteiger partial charge in [-0.15, -0.1) is 0 Å². The standard InChI is InChI=1S/C4H8O.CH2N2/c1-3-4(2)5;1-2-3-1/h3H2,1-2H3;1H,(H,2,3). The summed E-state index contributed by atoms with van der Waals surface area (Å²) in [5.74, 6) is 0.255. The summed E-state index contributed by atoms with van der Waals surface area (Å²) in [5, 5.41) is 3.38. The first-order valence-electron chi connectivity index (χ1n) is 2.54. The van der Waals surface area contributed by atoms with Gasteiger partial charge in [0.05, 0.1) is 0 Å². The van der Waals surface area contributed by atoms with E-state index in [-0.39, 0.29) is 5.78 Å². The van der Waals surface area contributed by atoms with Crippen LogP contribution in [0.1, 0.15) is 20.3 Å². The normalized spacial score (nSPS) is 10.8. The number of nitrogens with one attached hydrogen (secondary N) is 1. The third-order valence-corrected chi connectivity index (χ3v) is 0.627. The number of hydrogen-bond acceptors (Lipinski definition) is 3. The third kappa shape index (κ3) is 19.2. The summed E-state index contributed by atoms with van der Waals surface area (Å²) in [6, 6.07) is 0. The Labute approximate surface area is 48.8 Å². The highest BCUT2D eigenvalue weighted by atomic mass is 16.1. The minimum atomic E-state index is 0.255. The van der Waals surface area contributed by atoms with Crippen molar-refractivity contribution in [2.24, 2.45) is 5.10 Å². The average molecular weight is 114 g/mol. The molecule has 3 nitrogen and oxygen atoms in total. The number of nitrogens with zero attached hydrogens (tertiary/aromatic N) is 1. The summed E-state index contributed by atoms with van der Waals surface area (Å²) in [6.45, 7) is 3.43. The molecule has 0 spiro atoms. The molecule has 1 aliphatic heterocycles. The number of ketones is 1. The van der Waals surface area contributed by atoms with Gasteiger partial charge < -0.3 is 4.79 Å². The first kappa shape index (κ1) is 7.14. The Morgan fingerprint density at radius 2 is 2.12 bits per heavy atom. The van der Waals surface area contributed by atoms with Gasteiger partial charge in [0.2, 0.25) is 0 Å². The SMILES string of the molecule is C1=NN1.CCC(C)=O. The van der Waals surface area contributed by atoms with Crippen LogP contribution >= 0.6 is 0 Å². The fourth-order valence-corrected chi connectivity index (χ4v) is 0. The lowest BCUT2D eigenvalue weighted by Crippen LogP contribution is -1.80. The maximum Gasteiger partial charge on any atom is 0.129 e. The molecule has 0 aromatic carbocycles. The van der Waals surface area contributed by atoms with Crippen molar-refractivity contribution in [2.45, 2.75) is 20.3 Å². The van der Waals surface area contributed by atoms with Gasteiger partial charge in [-0.25, -0.2) is 0 Å². The van der Waals surface area contributed by atoms with Gasteiger partial charge >= 0.3 is 0 Å². The van der Waals surface area contributed by atoms with Gasteiger partial charge in [-0.05, 0) is 6.92 Å². The second-order valence-corrected chi connectivity index (χ2v) is 1.44. The number of hydrazone groups is 1. The van der Waals surface area contributed by atoms with Crippen LogP contribution in [0.25, 0.3) is 0 Å². The highest BCUT2D eigenvalue weighted by Crippen LogP contribution is 1.71. The molecule has 0 unspecified atom stereocenters. The van der Waals surface area contributed by atoms with Gasteiger partial charge in [-0.3, -0.25) is 5.43 Å². The quantitative estimate of drug-likeness (QED) is 0.540. The summed E-state index contributed by atoms with van der Waals surface area (Å²) >= 11 is 0. The zero-order chi connectivity index (χ0) is 6.41. The van der Waals surface area contributed by atoms with Crippen LogP contribution < -0.4 is 5.43 Å². The molecule has 1 aliphatic rings. The van der Waals surface area contributed by atoms with Crippen molar-refractivity contribution in [2.75, 3.05) is 0 Å². The second kappa shape index (κ2) is 4.30. The molecule has 0 bridgehead atoms. The lowest BCUT2D eigenvalue weighted by atomic mass is 10.4. The van der Waals surface area contributed by atoms with E-state index >= 15 is 0 Å². The highest BCUT2D eigenvalue weighted by Gasteiger charge is 1.76. The second-order valence-electron chi connectivity index (χ2n) is 1.44. The van der Waals surface area contributed by atoms with Gasteiger partial charge in [0, 0.05) is 6.42 Å². The molecule has 0 saturated carbocycles. The minimum absolute atomic E-state index is 0.255. The minimum Gasteiger partial charge on any atom is -0.300 e. The maximum atomic E-state index is 9.81. The maximum absolute atomic E-state index is 9.81. The topological polar surface area (TPSA) is 51.4 Å². The summed E-state index contributed by atoms with van der Waals surface area (Å²) in [6.07, 6.45) is 2.29. The number of hydrogen-bond donors (Lipinski definition) is 1. The Morgan fingerprint density at radius 1 is 1.88 bits per heavy atom. The molecule has 1 rings (SSSR count). The van der Waals surface area contributed by atoms with Gasteiger partial charge in [0.15, 0.2) is 0 Å². The van der Waals surface area contributed by atoms with E-state index < -0.39 is 0 Å². The Morgan fingerprint density at radius 3 is 2.12 bits per heavy atom. The first-order valence-corrected chi connectivity index (χ1v) is 2.54. The number of Topliss-reactive ketones (excluding diaryl/α,β-unsaturated/α-hetero) is 1. The summed E-state index contributed by atoms with van der Waals surface area (Å²) in [5.41, 5.74) is 2.50. The Hall–Kier alpha value is -0.860. The molecule has 0 radical (unpaired) electrons. The zero-order valence-corrected chi connectivity index (χ0v) is 5.14. The van der Waals surface area contributed by atoms with Crippen molar-refractivity contribution in [3.63, 3.8) is 0 Å². The number of rotatable bonds is 1. The Bertz CT molecular complexity index is 94.6. The molecule has 1 N–H and O–H groups in total. The molecule has 0 fully saturated rings. The van der Waals surface area contributed by atoms with Gasteiger partial charge in [0.1, 0.15) is 12.1 Å². The molecule has 0 amide bonds. The van der Waals surface area contributed by atoms with E-state index in [2.05, 4.69) is 10.5 Å². The van der Waals surface area contributed by atoms with Gasteiger partial charge in [0.25, 0.3) is 0 Å². The van der Waals surface area contributed by atoms with E-state index in [1.807, 2.05) is 6.92 Å². The van der Waals surface area contributed by atoms with Crippen LogP contribution in [0.4, 0.5) is 0 Å². The summed E-state index contributed by atoms with van der Waals surface area (Å²) in [4.78, 5) is 9.81. The molecule has 8 heavy (non-hydrogen) atoms. The summed E-state index contributed by atoms with van der Waals surface area (Å²) < 4.78 is 0. The zero-order valence-electron chi connectivity index (χ0n) is 5.14. The molecule has 46 valence electrons. The average Bonchev–Trinajstić information content (AvgIpc) is 2.48. The van der Waals surface area contributed by atoms with Crippen LogP contribution in [0.2, 0.25) is 0 Å². The van der Waals surface area contributed by atoms with Crippen molar-refractivity contribution in [1.82, 2.24) is 5.43 Å². The van der Waals surface area contributed by atoms with Crippen LogP contribution in [-0.4, -0.2) is 12.1 Å². The van der Waals surface area contributed by atoms with Crippen molar-refractivity contribution in [3.8, 4) is 0 Å². The van der Waals surface area contributed by atoms with Crippen LogP contribution in [0.5, 0.6) is 0 Å². The van der Waals surface area contributed by atoms with Crippen LogP contribution in [-0.2, 0) is 4.79 Å². The molecular weight excluding hydrogens is 104 g/mol. The Balaban J connectivity index is 0.000000135. The highest BCUT2D eigenvalue weighted by molar-refractivity contribution is 5.74. The van der Waals surface area contributed by atoms with Crippen LogP contribution in [0.3, 0.4) is 0 Å². The smallest absolute Gasteiger partial charge is 0.129 e. The van der Waals surface area contributed by atoms with Crippen molar-refractivity contribution in [1.29, 1.82) is 0 Å². The van der Waals surface area contributed by atoms with Gasteiger partial charge in [-0.1, -0.05) is 6.92 Å². The van der Waals surface area contributed by atoms with Crippen molar-refractivity contribution >= 4 is 12.1 Å². The predicted molar refractivity (Wildman–Crippen MR) is 32.6 cm³/mol. The summed E-state index contributed by atoms with van der Waals surface area (Å²) in [7, 11) is 0. The largest absolute Gasteiger partial charge is 0.300 e. The lowest BCUT2D eigenvalue weighted by molar-refractivity contribution is -0.116. The molecule has 0 atom stereocenters. The molecule has 0 aromatic rings. The predicted octanol–water partition coefficient (Wildman–Crippen LogP) is 0.518. The van der Waals surface area contributed by atoms with Gasteiger partial charge in [-0.2, -0.15) is 5.10 Å². The molecule has 3 heteroatoms. The monoisotopic (exact) mass is 114 g/mol. The Kier molecular flexibility index (Phi) is 3.84. The number of carbonyl (C=O) groups is 1. The molecule has 0 aromatic heterocycles. The molecular formula is C5H10N2O. The van der Waals surface area contributed by atoms with E-state index in [4.69, 9.17) is 0 Å². The van der Waals surface area contributed by atoms with E-state index in [1.54, 1.807) is 13.3 Å². The fourth-order valence-electron chi connectivity index (χ4n) is 0. The van der Waals surface area contributed by atoms with E-state index in [0.717, 1.165) is 0 Å². The lowest BCUT2D eigenvalue weighted by Gasteiger charge is -1.71. The molecule has 1 heterocycles. The van der Waals surface area contributed by atoms with Crippen molar-refractivity contribution in [3.05, 3.63) is 0 Å². The fraction of sp³-hybridized carbons (Fsp3) is 0.600.